The summed E-state index contributed by atoms with van der Waals surface area (Å²) in [6.45, 7) is 7.64. The molecule has 0 saturated heterocycles. The molecule has 1 aromatic carbocycles. The first-order chi connectivity index (χ1) is 16.6. The Balaban J connectivity index is 2.23. The lowest BCUT2D eigenvalue weighted by molar-refractivity contribution is -0.162. The Bertz CT molecular complexity index is 814. The topological polar surface area (TPSA) is 81.7 Å². The zero-order chi connectivity index (χ0) is 25.9. The van der Waals surface area contributed by atoms with Gasteiger partial charge in [0.2, 0.25) is 5.91 Å². The lowest BCUT2D eigenvalue weighted by Gasteiger charge is -2.33. The normalized spacial score (nSPS) is 16.8. The first-order valence-corrected chi connectivity index (χ1v) is 14.2. The average molecular weight is 506 g/mol. The highest BCUT2D eigenvalue weighted by Crippen LogP contribution is 2.45. The van der Waals surface area contributed by atoms with Gasteiger partial charge >= 0.3 is 11.9 Å². The highest BCUT2D eigenvalue weighted by atomic mass is 32.2. The lowest BCUT2D eigenvalue weighted by atomic mass is 9.75. The van der Waals surface area contributed by atoms with Gasteiger partial charge in [0.05, 0.1) is 17.9 Å². The summed E-state index contributed by atoms with van der Waals surface area (Å²) in [6, 6.07) is 9.40. The zero-order valence-electron chi connectivity index (χ0n) is 22.1. The number of carbonyl (C=O) groups excluding carboxylic acids is 3. The maximum absolute atomic E-state index is 13.7. The SMILES string of the molecule is CCOC(=O)[C@H](CCSC)NC(=O)C1(C[C@H](CCc2ccccc2)C(=O)OC(C)(C)C)CCCC1. The highest BCUT2D eigenvalue weighted by molar-refractivity contribution is 7.98. The van der Waals surface area contributed by atoms with Gasteiger partial charge in [-0.3, -0.25) is 9.59 Å². The molecular formula is C28H43NO5S. The average Bonchev–Trinajstić information content (AvgIpc) is 3.28. The number of hydrogen-bond acceptors (Lipinski definition) is 6. The molecule has 1 aliphatic rings. The molecule has 0 bridgehead atoms. The standard InChI is InChI=1S/C28H43NO5S/c1-6-33-25(31)23(16-19-35-5)29-26(32)28(17-10-11-18-28)20-22(24(30)34-27(2,3)4)15-14-21-12-8-7-9-13-21/h7-9,12-13,22-23H,6,10-11,14-20H2,1-5H3,(H,29,32)/t22-,23-/m0/s1. The molecule has 0 radical (unpaired) electrons. The number of thioether (sulfide) groups is 1. The second kappa shape index (κ2) is 13.9. The van der Waals surface area contributed by atoms with Crippen molar-refractivity contribution in [1.82, 2.24) is 5.32 Å². The Morgan fingerprint density at radius 1 is 1.06 bits per heavy atom. The Hall–Kier alpha value is -2.02. The molecule has 2 rings (SSSR count). The molecule has 6 nitrogen and oxygen atoms in total. The number of ether oxygens (including phenoxy) is 2. The summed E-state index contributed by atoms with van der Waals surface area (Å²) in [4.78, 5) is 39.5. The Morgan fingerprint density at radius 2 is 1.71 bits per heavy atom. The second-order valence-electron chi connectivity index (χ2n) is 10.5. The minimum absolute atomic E-state index is 0.137. The summed E-state index contributed by atoms with van der Waals surface area (Å²) >= 11 is 1.63. The molecule has 1 saturated carbocycles. The Labute approximate surface area is 215 Å². The third-order valence-electron chi connectivity index (χ3n) is 6.53. The van der Waals surface area contributed by atoms with E-state index in [9.17, 15) is 14.4 Å². The van der Waals surface area contributed by atoms with Crippen LogP contribution in [0, 0.1) is 11.3 Å². The summed E-state index contributed by atoms with van der Waals surface area (Å²) in [6.07, 6.45) is 7.56. The van der Waals surface area contributed by atoms with E-state index in [1.807, 2.05) is 45.2 Å². The molecule has 0 heterocycles. The van der Waals surface area contributed by atoms with E-state index >= 15 is 0 Å². The molecule has 1 N–H and O–H groups in total. The fraction of sp³-hybridized carbons (Fsp3) is 0.679. The molecule has 2 atom stereocenters. The van der Waals surface area contributed by atoms with Gasteiger partial charge in [0, 0.05) is 0 Å². The van der Waals surface area contributed by atoms with E-state index in [0.717, 1.165) is 30.6 Å². The van der Waals surface area contributed by atoms with Crippen LogP contribution in [0.5, 0.6) is 0 Å². The molecular weight excluding hydrogens is 462 g/mol. The quantitative estimate of drug-likeness (QED) is 0.365. The predicted molar refractivity (Wildman–Crippen MR) is 141 cm³/mol. The van der Waals surface area contributed by atoms with Crippen molar-refractivity contribution in [2.75, 3.05) is 18.6 Å². The van der Waals surface area contributed by atoms with E-state index in [1.165, 1.54) is 0 Å². The van der Waals surface area contributed by atoms with Gasteiger partial charge in [-0.15, -0.1) is 0 Å². The molecule has 7 heteroatoms. The number of hydrogen-bond donors (Lipinski definition) is 1. The number of amides is 1. The van der Waals surface area contributed by atoms with Crippen molar-refractivity contribution in [2.45, 2.75) is 90.7 Å². The van der Waals surface area contributed by atoms with Crippen molar-refractivity contribution in [2.24, 2.45) is 11.3 Å². The van der Waals surface area contributed by atoms with E-state index in [-0.39, 0.29) is 18.5 Å². The number of benzene rings is 1. The fourth-order valence-electron chi connectivity index (χ4n) is 4.76. The minimum Gasteiger partial charge on any atom is -0.464 e. The predicted octanol–water partition coefficient (Wildman–Crippen LogP) is 5.33. The molecule has 1 amide bonds. The van der Waals surface area contributed by atoms with Gasteiger partial charge in [-0.1, -0.05) is 43.2 Å². The van der Waals surface area contributed by atoms with Crippen molar-refractivity contribution < 1.29 is 23.9 Å². The smallest absolute Gasteiger partial charge is 0.328 e. The van der Waals surface area contributed by atoms with Crippen molar-refractivity contribution in [3.05, 3.63) is 35.9 Å². The largest absolute Gasteiger partial charge is 0.464 e. The van der Waals surface area contributed by atoms with Crippen LogP contribution in [0.3, 0.4) is 0 Å². The lowest BCUT2D eigenvalue weighted by Crippen LogP contribution is -2.49. The van der Waals surface area contributed by atoms with Crippen molar-refractivity contribution in [3.8, 4) is 0 Å². The molecule has 0 aromatic heterocycles. The molecule has 1 fully saturated rings. The van der Waals surface area contributed by atoms with E-state index in [0.29, 0.717) is 32.1 Å². The van der Waals surface area contributed by atoms with Crippen LogP contribution in [0.1, 0.15) is 78.2 Å². The van der Waals surface area contributed by atoms with Gasteiger partial charge < -0.3 is 14.8 Å². The fourth-order valence-corrected chi connectivity index (χ4v) is 5.23. The Kier molecular flexibility index (Phi) is 11.6. The maximum atomic E-state index is 13.7. The minimum atomic E-state index is -0.678. The van der Waals surface area contributed by atoms with Gasteiger partial charge in [-0.05, 0) is 83.8 Å². The van der Waals surface area contributed by atoms with Gasteiger partial charge in [0.1, 0.15) is 11.6 Å². The van der Waals surface area contributed by atoms with Crippen LogP contribution in [0.15, 0.2) is 30.3 Å². The molecule has 0 spiro atoms. The molecule has 1 aliphatic carbocycles. The highest BCUT2D eigenvalue weighted by Gasteiger charge is 2.45. The number of rotatable bonds is 13. The first kappa shape index (κ1) is 29.2. The molecule has 196 valence electrons. The maximum Gasteiger partial charge on any atom is 0.328 e. The third-order valence-corrected chi connectivity index (χ3v) is 7.17. The summed E-state index contributed by atoms with van der Waals surface area (Å²) in [5.41, 5.74) is -0.118. The van der Waals surface area contributed by atoms with Crippen LogP contribution in [-0.2, 0) is 30.3 Å². The van der Waals surface area contributed by atoms with Crippen LogP contribution in [-0.4, -0.2) is 48.1 Å². The summed E-state index contributed by atoms with van der Waals surface area (Å²) in [5, 5.41) is 3.01. The summed E-state index contributed by atoms with van der Waals surface area (Å²) in [5.74, 6) is -0.436. The van der Waals surface area contributed by atoms with Crippen molar-refractivity contribution >= 4 is 29.6 Å². The van der Waals surface area contributed by atoms with Gasteiger partial charge in [0.15, 0.2) is 0 Å². The van der Waals surface area contributed by atoms with E-state index in [2.05, 4.69) is 17.4 Å². The summed E-state index contributed by atoms with van der Waals surface area (Å²) in [7, 11) is 0. The molecule has 1 aromatic rings. The van der Waals surface area contributed by atoms with Crippen LogP contribution >= 0.6 is 11.8 Å². The molecule has 0 aliphatic heterocycles. The van der Waals surface area contributed by atoms with Crippen LogP contribution in [0.4, 0.5) is 0 Å². The zero-order valence-corrected chi connectivity index (χ0v) is 22.9. The van der Waals surface area contributed by atoms with Crippen LogP contribution < -0.4 is 5.32 Å². The van der Waals surface area contributed by atoms with Crippen LogP contribution in [0.2, 0.25) is 0 Å². The number of aryl methyl sites for hydroxylation is 1. The Morgan fingerprint density at radius 3 is 2.29 bits per heavy atom. The molecule has 35 heavy (non-hydrogen) atoms. The van der Waals surface area contributed by atoms with E-state index < -0.39 is 28.9 Å². The molecule has 0 unspecified atom stereocenters. The first-order valence-electron chi connectivity index (χ1n) is 12.8. The van der Waals surface area contributed by atoms with Crippen LogP contribution in [0.25, 0.3) is 0 Å². The van der Waals surface area contributed by atoms with E-state index in [1.54, 1.807) is 18.7 Å². The van der Waals surface area contributed by atoms with Gasteiger partial charge in [0.25, 0.3) is 0 Å². The monoisotopic (exact) mass is 505 g/mol. The van der Waals surface area contributed by atoms with E-state index in [4.69, 9.17) is 9.47 Å². The van der Waals surface area contributed by atoms with Gasteiger partial charge in [-0.2, -0.15) is 11.8 Å². The van der Waals surface area contributed by atoms with Crippen molar-refractivity contribution in [1.29, 1.82) is 0 Å². The number of nitrogens with one attached hydrogen (secondary N) is 1. The van der Waals surface area contributed by atoms with Crippen molar-refractivity contribution in [3.63, 3.8) is 0 Å². The number of esters is 2. The third kappa shape index (κ3) is 9.51. The second-order valence-corrected chi connectivity index (χ2v) is 11.5. The number of carbonyl (C=O) groups is 3. The van der Waals surface area contributed by atoms with Gasteiger partial charge in [-0.25, -0.2) is 4.79 Å². The summed E-state index contributed by atoms with van der Waals surface area (Å²) < 4.78 is 11.0.